The molecule has 0 unspecified atom stereocenters. The predicted octanol–water partition coefficient (Wildman–Crippen LogP) is 1.63. The molecule has 0 heterocycles. The molecule has 0 bridgehead atoms. The number of aliphatic carboxylic acids is 1. The minimum Gasteiger partial charge on any atom is -0.481 e. The fourth-order valence-corrected chi connectivity index (χ4v) is 1.77. The summed E-state index contributed by atoms with van der Waals surface area (Å²) in [4.78, 5) is 22.4. The summed E-state index contributed by atoms with van der Waals surface area (Å²) in [5, 5.41) is 13.8. The van der Waals surface area contributed by atoms with Crippen LogP contribution in [0.5, 0.6) is 0 Å². The molecular weight excluding hydrogens is 270 g/mol. The number of amides is 2. The van der Waals surface area contributed by atoms with Gasteiger partial charge < -0.3 is 15.7 Å². The van der Waals surface area contributed by atoms with E-state index in [0.717, 1.165) is 12.1 Å². The van der Waals surface area contributed by atoms with Gasteiger partial charge in [0.15, 0.2) is 0 Å². The summed E-state index contributed by atoms with van der Waals surface area (Å²) >= 11 is 0. The van der Waals surface area contributed by atoms with E-state index in [2.05, 4.69) is 10.6 Å². The average Bonchev–Trinajstić information content (AvgIpc) is 3.16. The van der Waals surface area contributed by atoms with Gasteiger partial charge in [0.25, 0.3) is 0 Å². The van der Waals surface area contributed by atoms with Gasteiger partial charge in [-0.1, -0.05) is 6.07 Å². The van der Waals surface area contributed by atoms with Crippen LogP contribution in [0.4, 0.5) is 13.6 Å². The van der Waals surface area contributed by atoms with Crippen LogP contribution in [-0.2, 0) is 11.3 Å². The largest absolute Gasteiger partial charge is 0.481 e. The fraction of sp³-hybridized carbons (Fsp3) is 0.385. The number of hydrogen-bond donors (Lipinski definition) is 3. The van der Waals surface area contributed by atoms with E-state index in [1.807, 2.05) is 0 Å². The molecule has 0 radical (unpaired) electrons. The summed E-state index contributed by atoms with van der Waals surface area (Å²) in [5.74, 6) is -2.36. The second-order valence-electron chi connectivity index (χ2n) is 4.86. The van der Waals surface area contributed by atoms with Crippen LogP contribution in [0.3, 0.4) is 0 Å². The average molecular weight is 284 g/mol. The summed E-state index contributed by atoms with van der Waals surface area (Å²) in [6.07, 6.45) is 1.07. The summed E-state index contributed by atoms with van der Waals surface area (Å²) in [6, 6.07) is 2.49. The number of carbonyl (C=O) groups excluding carboxylic acids is 1. The van der Waals surface area contributed by atoms with Crippen molar-refractivity contribution in [3.8, 4) is 0 Å². The van der Waals surface area contributed by atoms with Gasteiger partial charge in [-0.2, -0.15) is 0 Å². The van der Waals surface area contributed by atoms with Crippen molar-refractivity contribution in [2.24, 2.45) is 5.41 Å². The lowest BCUT2D eigenvalue weighted by Crippen LogP contribution is -2.40. The molecule has 1 aliphatic rings. The van der Waals surface area contributed by atoms with Crippen molar-refractivity contribution in [1.82, 2.24) is 10.6 Å². The number of benzene rings is 1. The minimum absolute atomic E-state index is 0.0417. The van der Waals surface area contributed by atoms with Gasteiger partial charge in [-0.25, -0.2) is 13.6 Å². The Labute approximate surface area is 114 Å². The maximum Gasteiger partial charge on any atom is 0.315 e. The topological polar surface area (TPSA) is 78.4 Å². The van der Waals surface area contributed by atoms with Crippen LogP contribution in [0, 0.1) is 17.0 Å². The van der Waals surface area contributed by atoms with Crippen LogP contribution in [0.1, 0.15) is 18.4 Å². The SMILES string of the molecule is O=C(NCc1ccc(F)cc1F)NCC1(C(=O)O)CC1. The van der Waals surface area contributed by atoms with E-state index in [9.17, 15) is 18.4 Å². The summed E-state index contributed by atoms with van der Waals surface area (Å²) in [7, 11) is 0. The maximum absolute atomic E-state index is 13.3. The number of carboxylic acids is 1. The lowest BCUT2D eigenvalue weighted by atomic mass is 10.1. The quantitative estimate of drug-likeness (QED) is 0.769. The summed E-state index contributed by atoms with van der Waals surface area (Å²) < 4.78 is 26.0. The lowest BCUT2D eigenvalue weighted by molar-refractivity contribution is -0.143. The third kappa shape index (κ3) is 3.23. The first kappa shape index (κ1) is 14.2. The Morgan fingerprint density at radius 1 is 1.25 bits per heavy atom. The van der Waals surface area contributed by atoms with Gasteiger partial charge in [-0.3, -0.25) is 4.79 Å². The van der Waals surface area contributed by atoms with Crippen LogP contribution in [0.2, 0.25) is 0 Å². The van der Waals surface area contributed by atoms with E-state index in [-0.39, 0.29) is 18.7 Å². The van der Waals surface area contributed by atoms with E-state index in [0.29, 0.717) is 12.8 Å². The number of carbonyl (C=O) groups is 2. The third-order valence-electron chi connectivity index (χ3n) is 3.35. The van der Waals surface area contributed by atoms with Gasteiger partial charge in [0, 0.05) is 24.7 Å². The normalized spacial score (nSPS) is 15.5. The van der Waals surface area contributed by atoms with E-state index < -0.39 is 29.0 Å². The molecule has 5 nitrogen and oxygen atoms in total. The fourth-order valence-electron chi connectivity index (χ4n) is 1.77. The highest BCUT2D eigenvalue weighted by Gasteiger charge is 2.50. The smallest absolute Gasteiger partial charge is 0.315 e. The van der Waals surface area contributed by atoms with Gasteiger partial charge in [0.05, 0.1) is 5.41 Å². The third-order valence-corrected chi connectivity index (χ3v) is 3.35. The molecule has 1 fully saturated rings. The highest BCUT2D eigenvalue weighted by molar-refractivity contribution is 5.80. The Bertz CT molecular complexity index is 544. The maximum atomic E-state index is 13.3. The van der Waals surface area contributed by atoms with Crippen molar-refractivity contribution in [3.63, 3.8) is 0 Å². The summed E-state index contributed by atoms with van der Waals surface area (Å²) in [5.41, 5.74) is -0.695. The molecule has 0 saturated heterocycles. The van der Waals surface area contributed by atoms with Crippen LogP contribution in [0.25, 0.3) is 0 Å². The van der Waals surface area contributed by atoms with Crippen molar-refractivity contribution in [3.05, 3.63) is 35.4 Å². The molecule has 0 aliphatic heterocycles. The molecule has 20 heavy (non-hydrogen) atoms. The Morgan fingerprint density at radius 3 is 2.50 bits per heavy atom. The highest BCUT2D eigenvalue weighted by atomic mass is 19.1. The molecule has 1 aromatic rings. The number of urea groups is 1. The Kier molecular flexibility index (Phi) is 3.87. The molecule has 0 aromatic heterocycles. The summed E-state index contributed by atoms with van der Waals surface area (Å²) in [6.45, 7) is -0.0575. The van der Waals surface area contributed by atoms with Gasteiger partial charge in [0.2, 0.25) is 0 Å². The van der Waals surface area contributed by atoms with Crippen LogP contribution < -0.4 is 10.6 Å². The highest BCUT2D eigenvalue weighted by Crippen LogP contribution is 2.45. The molecule has 1 saturated carbocycles. The Morgan fingerprint density at radius 2 is 1.95 bits per heavy atom. The molecular formula is C13H14F2N2O3. The van der Waals surface area contributed by atoms with Gasteiger partial charge >= 0.3 is 12.0 Å². The molecule has 3 N–H and O–H groups in total. The Balaban J connectivity index is 1.79. The zero-order chi connectivity index (χ0) is 14.8. The van der Waals surface area contributed by atoms with Crippen molar-refractivity contribution in [2.45, 2.75) is 19.4 Å². The lowest BCUT2D eigenvalue weighted by Gasteiger charge is -2.12. The predicted molar refractivity (Wildman–Crippen MR) is 65.9 cm³/mol. The van der Waals surface area contributed by atoms with Gasteiger partial charge in [-0.05, 0) is 18.9 Å². The van der Waals surface area contributed by atoms with E-state index in [1.165, 1.54) is 6.07 Å². The molecule has 0 atom stereocenters. The van der Waals surface area contributed by atoms with Crippen molar-refractivity contribution >= 4 is 12.0 Å². The molecule has 108 valence electrons. The van der Waals surface area contributed by atoms with Crippen molar-refractivity contribution in [1.29, 1.82) is 0 Å². The zero-order valence-electron chi connectivity index (χ0n) is 10.6. The van der Waals surface area contributed by atoms with E-state index in [1.54, 1.807) is 0 Å². The number of halogens is 2. The molecule has 7 heteroatoms. The first-order valence-corrected chi connectivity index (χ1v) is 6.12. The molecule has 2 rings (SSSR count). The number of nitrogens with one attached hydrogen (secondary N) is 2. The molecule has 1 aliphatic carbocycles. The number of carboxylic acid groups (broad SMARTS) is 1. The van der Waals surface area contributed by atoms with Crippen molar-refractivity contribution in [2.75, 3.05) is 6.54 Å². The first-order valence-electron chi connectivity index (χ1n) is 6.12. The molecule has 1 aromatic carbocycles. The van der Waals surface area contributed by atoms with E-state index in [4.69, 9.17) is 5.11 Å². The second-order valence-corrected chi connectivity index (χ2v) is 4.86. The van der Waals surface area contributed by atoms with E-state index >= 15 is 0 Å². The first-order chi connectivity index (χ1) is 9.43. The second kappa shape index (κ2) is 5.44. The van der Waals surface area contributed by atoms with Crippen molar-refractivity contribution < 1.29 is 23.5 Å². The van der Waals surface area contributed by atoms with Gasteiger partial charge in [-0.15, -0.1) is 0 Å². The van der Waals surface area contributed by atoms with Gasteiger partial charge in [0.1, 0.15) is 11.6 Å². The zero-order valence-corrected chi connectivity index (χ0v) is 10.6. The van der Waals surface area contributed by atoms with Crippen LogP contribution in [-0.4, -0.2) is 23.7 Å². The van der Waals surface area contributed by atoms with Crippen LogP contribution in [0.15, 0.2) is 18.2 Å². The monoisotopic (exact) mass is 284 g/mol. The Hall–Kier alpha value is -2.18. The number of rotatable bonds is 5. The van der Waals surface area contributed by atoms with Crippen LogP contribution >= 0.6 is 0 Å². The molecule has 2 amide bonds. The molecule has 0 spiro atoms. The number of hydrogen-bond acceptors (Lipinski definition) is 2. The standard InChI is InChI=1S/C13H14F2N2O3/c14-9-2-1-8(10(15)5-9)6-16-12(20)17-7-13(3-4-13)11(18)19/h1-2,5H,3-4,6-7H2,(H,18,19)(H2,16,17,20). The minimum atomic E-state index is -0.928.